The summed E-state index contributed by atoms with van der Waals surface area (Å²) >= 11 is 0. The van der Waals surface area contributed by atoms with Crippen LogP contribution in [-0.4, -0.2) is 16.1 Å². The normalized spacial score (nSPS) is 9.80. The smallest absolute Gasteiger partial charge is 0.307 e. The highest BCUT2D eigenvalue weighted by Crippen LogP contribution is 2.22. The van der Waals surface area contributed by atoms with Gasteiger partial charge in [0.2, 0.25) is 5.88 Å². The van der Waals surface area contributed by atoms with E-state index in [0.717, 1.165) is 0 Å². The van der Waals surface area contributed by atoms with E-state index in [1.54, 1.807) is 37.3 Å². The Bertz CT molecular complexity index is 690. The lowest BCUT2D eigenvalue weighted by Crippen LogP contribution is -2.00. The number of rotatable bonds is 4. The largest absolute Gasteiger partial charge is 0.481 e. The van der Waals surface area contributed by atoms with Crippen molar-refractivity contribution in [1.29, 1.82) is 5.26 Å². The second-order valence-electron chi connectivity index (χ2n) is 4.27. The third-order valence-electron chi connectivity index (χ3n) is 2.54. The molecule has 0 atom stereocenters. The van der Waals surface area contributed by atoms with Gasteiger partial charge >= 0.3 is 5.97 Å². The molecule has 0 aliphatic carbocycles. The van der Waals surface area contributed by atoms with Crippen molar-refractivity contribution >= 4 is 5.97 Å². The fourth-order valence-electron chi connectivity index (χ4n) is 1.77. The van der Waals surface area contributed by atoms with Gasteiger partial charge in [0.1, 0.15) is 5.75 Å². The fourth-order valence-corrected chi connectivity index (χ4v) is 1.77. The predicted molar refractivity (Wildman–Crippen MR) is 71.5 cm³/mol. The number of aromatic nitrogens is 1. The number of nitrogens with zero attached hydrogens (tertiary/aromatic N) is 2. The highest BCUT2D eigenvalue weighted by Gasteiger charge is 2.05. The third-order valence-corrected chi connectivity index (χ3v) is 2.54. The first-order chi connectivity index (χ1) is 9.56. The number of hydrogen-bond acceptors (Lipinski definition) is 4. The molecule has 1 aromatic carbocycles. The van der Waals surface area contributed by atoms with E-state index in [4.69, 9.17) is 15.1 Å². The molecule has 0 saturated carbocycles. The quantitative estimate of drug-likeness (QED) is 0.921. The van der Waals surface area contributed by atoms with Crippen LogP contribution in [0.15, 0.2) is 36.4 Å². The standard InChI is InChI=1S/C15H12N2O3/c1-10-5-12(9-16)7-14(17-10)20-13-4-2-3-11(6-13)8-15(18)19/h2-7H,8H2,1H3,(H,18,19). The molecule has 0 aliphatic heterocycles. The first-order valence-corrected chi connectivity index (χ1v) is 5.94. The van der Waals surface area contributed by atoms with Crippen molar-refractivity contribution in [2.45, 2.75) is 13.3 Å². The molecule has 0 radical (unpaired) electrons. The van der Waals surface area contributed by atoms with E-state index in [2.05, 4.69) is 4.98 Å². The number of aryl methyl sites for hydroxylation is 1. The summed E-state index contributed by atoms with van der Waals surface area (Å²) in [6.45, 7) is 1.77. The zero-order chi connectivity index (χ0) is 14.5. The first-order valence-electron chi connectivity index (χ1n) is 5.94. The number of carbonyl (C=O) groups is 1. The van der Waals surface area contributed by atoms with Crippen molar-refractivity contribution in [1.82, 2.24) is 4.98 Å². The average molecular weight is 268 g/mol. The first kappa shape index (κ1) is 13.6. The number of carboxylic acid groups (broad SMARTS) is 1. The Hall–Kier alpha value is -2.87. The summed E-state index contributed by atoms with van der Waals surface area (Å²) in [5, 5.41) is 17.7. The molecule has 5 heteroatoms. The Labute approximate surface area is 116 Å². The van der Waals surface area contributed by atoms with Crippen LogP contribution in [0.5, 0.6) is 11.6 Å². The molecule has 0 saturated heterocycles. The van der Waals surface area contributed by atoms with Gasteiger partial charge in [0.25, 0.3) is 0 Å². The Kier molecular flexibility index (Phi) is 3.96. The van der Waals surface area contributed by atoms with E-state index in [1.165, 1.54) is 6.07 Å². The van der Waals surface area contributed by atoms with Crippen molar-refractivity contribution in [2.75, 3.05) is 0 Å². The molecule has 1 N–H and O–H groups in total. The van der Waals surface area contributed by atoms with Crippen LogP contribution in [0.3, 0.4) is 0 Å². The fraction of sp³-hybridized carbons (Fsp3) is 0.133. The maximum absolute atomic E-state index is 10.7. The van der Waals surface area contributed by atoms with Crippen LogP contribution < -0.4 is 4.74 Å². The predicted octanol–water partition coefficient (Wildman–Crippen LogP) is 2.68. The number of hydrogen-bond donors (Lipinski definition) is 1. The van der Waals surface area contributed by atoms with Gasteiger partial charge in [-0.2, -0.15) is 5.26 Å². The van der Waals surface area contributed by atoms with Gasteiger partial charge in [-0.25, -0.2) is 4.98 Å². The highest BCUT2D eigenvalue weighted by molar-refractivity contribution is 5.70. The van der Waals surface area contributed by atoms with Gasteiger partial charge in [-0.05, 0) is 30.7 Å². The lowest BCUT2D eigenvalue weighted by atomic mass is 10.1. The monoisotopic (exact) mass is 268 g/mol. The topological polar surface area (TPSA) is 83.2 Å². The summed E-state index contributed by atoms with van der Waals surface area (Å²) in [6, 6.07) is 12.0. The lowest BCUT2D eigenvalue weighted by molar-refractivity contribution is -0.136. The van der Waals surface area contributed by atoms with Gasteiger partial charge in [-0.15, -0.1) is 0 Å². The van der Waals surface area contributed by atoms with Gasteiger partial charge in [0.05, 0.1) is 18.1 Å². The van der Waals surface area contributed by atoms with Gasteiger partial charge in [-0.1, -0.05) is 12.1 Å². The molecular formula is C15H12N2O3. The molecule has 1 heterocycles. The zero-order valence-corrected chi connectivity index (χ0v) is 10.8. The Morgan fingerprint density at radius 2 is 2.20 bits per heavy atom. The number of ether oxygens (including phenoxy) is 1. The van der Waals surface area contributed by atoms with E-state index in [9.17, 15) is 4.79 Å². The van der Waals surface area contributed by atoms with Gasteiger partial charge < -0.3 is 9.84 Å². The molecule has 0 fully saturated rings. The molecule has 2 aromatic rings. The number of nitriles is 1. The average Bonchev–Trinajstić information content (AvgIpc) is 2.37. The second kappa shape index (κ2) is 5.85. The van der Waals surface area contributed by atoms with Crippen molar-refractivity contribution in [2.24, 2.45) is 0 Å². The summed E-state index contributed by atoms with van der Waals surface area (Å²) in [4.78, 5) is 14.9. The molecule has 0 unspecified atom stereocenters. The van der Waals surface area contributed by atoms with Crippen molar-refractivity contribution in [3.8, 4) is 17.7 Å². The molecule has 0 spiro atoms. The summed E-state index contributed by atoms with van der Waals surface area (Å²) in [5.74, 6) is -0.0950. The number of aliphatic carboxylic acids is 1. The second-order valence-corrected chi connectivity index (χ2v) is 4.27. The van der Waals surface area contributed by atoms with Crippen molar-refractivity contribution in [3.63, 3.8) is 0 Å². The van der Waals surface area contributed by atoms with Crippen LogP contribution in [0.25, 0.3) is 0 Å². The molecule has 0 aliphatic rings. The minimum absolute atomic E-state index is 0.0676. The Morgan fingerprint density at radius 3 is 2.90 bits per heavy atom. The van der Waals surface area contributed by atoms with Crippen LogP contribution in [0, 0.1) is 18.3 Å². The van der Waals surface area contributed by atoms with Gasteiger partial charge in [0.15, 0.2) is 0 Å². The number of pyridine rings is 1. The van der Waals surface area contributed by atoms with Crippen LogP contribution >= 0.6 is 0 Å². The molecule has 1 aromatic heterocycles. The maximum Gasteiger partial charge on any atom is 0.307 e. The van der Waals surface area contributed by atoms with Crippen LogP contribution in [0.4, 0.5) is 0 Å². The molecule has 100 valence electrons. The van der Waals surface area contributed by atoms with Gasteiger partial charge in [-0.3, -0.25) is 4.79 Å². The van der Waals surface area contributed by atoms with E-state index >= 15 is 0 Å². The summed E-state index contributed by atoms with van der Waals surface area (Å²) in [5.41, 5.74) is 1.79. The molecule has 0 bridgehead atoms. The van der Waals surface area contributed by atoms with E-state index in [0.29, 0.717) is 28.5 Å². The Balaban J connectivity index is 2.24. The lowest BCUT2D eigenvalue weighted by Gasteiger charge is -2.07. The Morgan fingerprint density at radius 1 is 1.40 bits per heavy atom. The minimum Gasteiger partial charge on any atom is -0.481 e. The third kappa shape index (κ3) is 3.56. The van der Waals surface area contributed by atoms with Crippen molar-refractivity contribution < 1.29 is 14.6 Å². The van der Waals surface area contributed by atoms with Crippen molar-refractivity contribution in [3.05, 3.63) is 53.2 Å². The minimum atomic E-state index is -0.900. The zero-order valence-electron chi connectivity index (χ0n) is 10.8. The molecule has 20 heavy (non-hydrogen) atoms. The van der Waals surface area contributed by atoms with Crippen LogP contribution in [0.2, 0.25) is 0 Å². The van der Waals surface area contributed by atoms with E-state index in [1.807, 2.05) is 6.07 Å². The summed E-state index contributed by atoms with van der Waals surface area (Å²) in [7, 11) is 0. The SMILES string of the molecule is Cc1cc(C#N)cc(Oc2cccc(CC(=O)O)c2)n1. The molecule has 2 rings (SSSR count). The van der Waals surface area contributed by atoms with E-state index < -0.39 is 5.97 Å². The maximum atomic E-state index is 10.7. The molecule has 0 amide bonds. The highest BCUT2D eigenvalue weighted by atomic mass is 16.5. The van der Waals surface area contributed by atoms with Crippen LogP contribution in [0.1, 0.15) is 16.8 Å². The van der Waals surface area contributed by atoms with Gasteiger partial charge in [0, 0.05) is 11.8 Å². The molecule has 5 nitrogen and oxygen atoms in total. The molecular weight excluding hydrogens is 256 g/mol. The number of benzene rings is 1. The van der Waals surface area contributed by atoms with E-state index in [-0.39, 0.29) is 6.42 Å². The van der Waals surface area contributed by atoms with Crippen LogP contribution in [-0.2, 0) is 11.2 Å². The number of carboxylic acids is 1. The summed E-state index contributed by atoms with van der Waals surface area (Å²) < 4.78 is 5.57. The summed E-state index contributed by atoms with van der Waals surface area (Å²) in [6.07, 6.45) is -0.0676.